The third-order valence-corrected chi connectivity index (χ3v) is 2.86. The highest BCUT2D eigenvalue weighted by Crippen LogP contribution is 2.31. The van der Waals surface area contributed by atoms with Gasteiger partial charge in [-0.2, -0.15) is 0 Å². The van der Waals surface area contributed by atoms with Gasteiger partial charge in [0.15, 0.2) is 0 Å². The highest BCUT2D eigenvalue weighted by atomic mass is 35.5. The van der Waals surface area contributed by atoms with Crippen LogP contribution in [0.15, 0.2) is 42.5 Å². The van der Waals surface area contributed by atoms with Crippen molar-refractivity contribution in [3.63, 3.8) is 0 Å². The zero-order valence-corrected chi connectivity index (χ0v) is 11.7. The fraction of sp³-hybridized carbons (Fsp3) is 0.200. The van der Waals surface area contributed by atoms with E-state index in [0.29, 0.717) is 10.7 Å². The van der Waals surface area contributed by atoms with Crippen molar-refractivity contribution in [2.24, 2.45) is 0 Å². The number of nitrogens with one attached hydrogen (secondary N) is 1. The van der Waals surface area contributed by atoms with Crippen LogP contribution in [0.3, 0.4) is 0 Å². The fourth-order valence-corrected chi connectivity index (χ4v) is 1.94. The standard InChI is InChI=1S/C15H17ClN2O/c1-10(2)19-12-8-6-11(7-9-12)18-15-13(16)4-3-5-14(15)17/h3-10,18H,17H2,1-2H3. The van der Waals surface area contributed by atoms with Crippen molar-refractivity contribution in [1.82, 2.24) is 0 Å². The Morgan fingerprint density at radius 1 is 1.11 bits per heavy atom. The molecule has 2 aromatic rings. The first kappa shape index (κ1) is 13.6. The number of nitrogens with two attached hydrogens (primary N) is 1. The molecule has 0 radical (unpaired) electrons. The van der Waals surface area contributed by atoms with Crippen molar-refractivity contribution in [3.8, 4) is 5.75 Å². The average Bonchev–Trinajstić information content (AvgIpc) is 2.35. The molecule has 0 aromatic heterocycles. The van der Waals surface area contributed by atoms with Crippen LogP contribution in [0.25, 0.3) is 0 Å². The van der Waals surface area contributed by atoms with Gasteiger partial charge in [0.2, 0.25) is 0 Å². The second kappa shape index (κ2) is 5.85. The van der Waals surface area contributed by atoms with Crippen LogP contribution in [0.1, 0.15) is 13.8 Å². The van der Waals surface area contributed by atoms with Gasteiger partial charge in [-0.15, -0.1) is 0 Å². The molecule has 19 heavy (non-hydrogen) atoms. The Morgan fingerprint density at radius 2 is 1.79 bits per heavy atom. The lowest BCUT2D eigenvalue weighted by atomic mass is 10.2. The van der Waals surface area contributed by atoms with Crippen molar-refractivity contribution in [2.45, 2.75) is 20.0 Å². The normalized spacial score (nSPS) is 10.5. The van der Waals surface area contributed by atoms with Crippen LogP contribution in [-0.2, 0) is 0 Å². The molecule has 0 aliphatic rings. The molecule has 2 rings (SSSR count). The van der Waals surface area contributed by atoms with E-state index in [2.05, 4.69) is 5.32 Å². The lowest BCUT2D eigenvalue weighted by molar-refractivity contribution is 0.242. The Bertz CT molecular complexity index is 532. The van der Waals surface area contributed by atoms with Crippen LogP contribution in [0.2, 0.25) is 5.02 Å². The molecule has 0 amide bonds. The van der Waals surface area contributed by atoms with E-state index in [1.807, 2.05) is 50.2 Å². The molecule has 100 valence electrons. The molecule has 0 saturated heterocycles. The number of anilines is 3. The van der Waals surface area contributed by atoms with Gasteiger partial charge >= 0.3 is 0 Å². The Labute approximate surface area is 118 Å². The van der Waals surface area contributed by atoms with Crippen LogP contribution in [0, 0.1) is 0 Å². The largest absolute Gasteiger partial charge is 0.491 e. The number of nitrogen functional groups attached to an aromatic ring is 1. The van der Waals surface area contributed by atoms with Gasteiger partial charge in [-0.1, -0.05) is 17.7 Å². The van der Waals surface area contributed by atoms with Gasteiger partial charge in [-0.25, -0.2) is 0 Å². The first-order valence-corrected chi connectivity index (χ1v) is 6.52. The summed E-state index contributed by atoms with van der Waals surface area (Å²) in [6.07, 6.45) is 0.165. The lowest BCUT2D eigenvalue weighted by Gasteiger charge is -2.13. The lowest BCUT2D eigenvalue weighted by Crippen LogP contribution is -2.05. The van der Waals surface area contributed by atoms with Gasteiger partial charge in [0, 0.05) is 5.69 Å². The molecule has 0 unspecified atom stereocenters. The van der Waals surface area contributed by atoms with Crippen LogP contribution < -0.4 is 15.8 Å². The molecule has 3 N–H and O–H groups in total. The zero-order chi connectivity index (χ0) is 13.8. The van der Waals surface area contributed by atoms with Gasteiger partial charge < -0.3 is 15.8 Å². The summed E-state index contributed by atoms with van der Waals surface area (Å²) in [6, 6.07) is 13.1. The van der Waals surface area contributed by atoms with E-state index in [1.54, 1.807) is 6.07 Å². The third kappa shape index (κ3) is 3.55. The Kier molecular flexibility index (Phi) is 4.17. The molecular formula is C15H17ClN2O. The van der Waals surface area contributed by atoms with Gasteiger partial charge in [0.25, 0.3) is 0 Å². The van der Waals surface area contributed by atoms with E-state index in [0.717, 1.165) is 17.1 Å². The van der Waals surface area contributed by atoms with E-state index >= 15 is 0 Å². The molecule has 0 saturated carbocycles. The molecule has 3 nitrogen and oxygen atoms in total. The summed E-state index contributed by atoms with van der Waals surface area (Å²) in [6.45, 7) is 3.99. The second-order valence-electron chi connectivity index (χ2n) is 4.52. The van der Waals surface area contributed by atoms with Crippen LogP contribution in [0.5, 0.6) is 5.75 Å². The van der Waals surface area contributed by atoms with Crippen LogP contribution in [0.4, 0.5) is 17.1 Å². The van der Waals surface area contributed by atoms with E-state index in [4.69, 9.17) is 22.1 Å². The first-order valence-electron chi connectivity index (χ1n) is 6.14. The van der Waals surface area contributed by atoms with Gasteiger partial charge in [0.1, 0.15) is 5.75 Å². The zero-order valence-electron chi connectivity index (χ0n) is 11.0. The first-order chi connectivity index (χ1) is 9.06. The van der Waals surface area contributed by atoms with E-state index < -0.39 is 0 Å². The van der Waals surface area contributed by atoms with Gasteiger partial charge in [0.05, 0.1) is 22.5 Å². The quantitative estimate of drug-likeness (QED) is 0.811. The predicted octanol–water partition coefficient (Wildman–Crippen LogP) is 4.45. The van der Waals surface area contributed by atoms with E-state index in [-0.39, 0.29) is 6.10 Å². The number of para-hydroxylation sites is 1. The minimum Gasteiger partial charge on any atom is -0.491 e. The monoisotopic (exact) mass is 276 g/mol. The number of rotatable bonds is 4. The molecule has 0 heterocycles. The average molecular weight is 277 g/mol. The number of ether oxygens (including phenoxy) is 1. The summed E-state index contributed by atoms with van der Waals surface area (Å²) in [5.41, 5.74) is 8.15. The second-order valence-corrected chi connectivity index (χ2v) is 4.93. The molecule has 4 heteroatoms. The molecule has 0 spiro atoms. The van der Waals surface area contributed by atoms with Crippen LogP contribution in [-0.4, -0.2) is 6.10 Å². The molecule has 2 aromatic carbocycles. The summed E-state index contributed by atoms with van der Waals surface area (Å²) in [7, 11) is 0. The minimum absolute atomic E-state index is 0.165. The maximum Gasteiger partial charge on any atom is 0.119 e. The highest BCUT2D eigenvalue weighted by molar-refractivity contribution is 6.34. The summed E-state index contributed by atoms with van der Waals surface area (Å²) in [5, 5.41) is 3.81. The number of hydrogen-bond donors (Lipinski definition) is 2. The maximum absolute atomic E-state index is 6.11. The van der Waals surface area contributed by atoms with Gasteiger partial charge in [-0.3, -0.25) is 0 Å². The number of hydrogen-bond acceptors (Lipinski definition) is 3. The maximum atomic E-state index is 6.11. The molecule has 0 aliphatic heterocycles. The van der Waals surface area contributed by atoms with Crippen molar-refractivity contribution in [1.29, 1.82) is 0 Å². The highest BCUT2D eigenvalue weighted by Gasteiger charge is 2.05. The summed E-state index contributed by atoms with van der Waals surface area (Å²) >= 11 is 6.11. The third-order valence-electron chi connectivity index (χ3n) is 2.54. The summed E-state index contributed by atoms with van der Waals surface area (Å²) < 4.78 is 5.59. The Morgan fingerprint density at radius 3 is 2.37 bits per heavy atom. The molecule has 0 fully saturated rings. The Hall–Kier alpha value is -1.87. The van der Waals surface area contributed by atoms with E-state index in [9.17, 15) is 0 Å². The molecular weight excluding hydrogens is 260 g/mol. The number of halogens is 1. The van der Waals surface area contributed by atoms with Gasteiger partial charge in [-0.05, 0) is 50.2 Å². The molecule has 0 aliphatic carbocycles. The topological polar surface area (TPSA) is 47.3 Å². The number of benzene rings is 2. The van der Waals surface area contributed by atoms with Crippen molar-refractivity contribution in [3.05, 3.63) is 47.5 Å². The van der Waals surface area contributed by atoms with Crippen molar-refractivity contribution in [2.75, 3.05) is 11.1 Å². The molecule has 0 atom stereocenters. The fourth-order valence-electron chi connectivity index (χ4n) is 1.71. The summed E-state index contributed by atoms with van der Waals surface area (Å²) in [4.78, 5) is 0. The predicted molar refractivity (Wildman–Crippen MR) is 81.4 cm³/mol. The smallest absolute Gasteiger partial charge is 0.119 e. The van der Waals surface area contributed by atoms with Crippen LogP contribution >= 0.6 is 11.6 Å². The SMILES string of the molecule is CC(C)Oc1ccc(Nc2c(N)cccc2Cl)cc1. The minimum atomic E-state index is 0.165. The van der Waals surface area contributed by atoms with Crippen molar-refractivity contribution >= 4 is 28.7 Å². The summed E-state index contributed by atoms with van der Waals surface area (Å²) in [5.74, 6) is 0.840. The van der Waals surface area contributed by atoms with Crippen molar-refractivity contribution < 1.29 is 4.74 Å². The molecule has 0 bridgehead atoms. The van der Waals surface area contributed by atoms with E-state index in [1.165, 1.54) is 0 Å². The Balaban J connectivity index is 2.15.